The number of aliphatic hydroxyl groups is 2. The highest BCUT2D eigenvalue weighted by Gasteiger charge is 2.47. The summed E-state index contributed by atoms with van der Waals surface area (Å²) in [4.78, 5) is 0. The summed E-state index contributed by atoms with van der Waals surface area (Å²) in [5, 5.41) is 20.4. The topological polar surface area (TPSA) is 151 Å². The maximum atomic E-state index is 10.6. The maximum Gasteiger partial charge on any atom is 0.158 e. The minimum Gasteiger partial charge on any atom is -0.394 e. The number of rotatable bonds is 27. The molecule has 2 N–H and O–H groups in total. The van der Waals surface area contributed by atoms with Gasteiger partial charge in [0.15, 0.2) is 37.7 Å². The summed E-state index contributed by atoms with van der Waals surface area (Å²) in [6, 6.07) is 21.2. The zero-order chi connectivity index (χ0) is 56.4. The van der Waals surface area contributed by atoms with E-state index in [2.05, 4.69) is 85.5 Å². The lowest BCUT2D eigenvalue weighted by atomic mass is 9.87. The largest absolute Gasteiger partial charge is 0.394 e. The van der Waals surface area contributed by atoms with Gasteiger partial charge in [-0.05, 0) is 177 Å². The van der Waals surface area contributed by atoms with Gasteiger partial charge in [-0.15, -0.1) is 6.58 Å². The normalized spacial score (nSPS) is 34.1. The quantitative estimate of drug-likeness (QED) is 0.0816. The molecule has 2 aliphatic carbocycles. The van der Waals surface area contributed by atoms with Crippen LogP contribution in [0.4, 0.5) is 0 Å². The van der Waals surface area contributed by atoms with Gasteiger partial charge in [0.2, 0.25) is 0 Å². The van der Waals surface area contributed by atoms with Crippen LogP contribution in [0.3, 0.4) is 0 Å². The maximum absolute atomic E-state index is 10.6. The Morgan fingerprint density at radius 2 is 0.817 bits per heavy atom. The minimum atomic E-state index is -0.824. The number of hydrogen-bond acceptors (Lipinski definition) is 14. The van der Waals surface area contributed by atoms with Crippen LogP contribution in [0, 0.1) is 23.7 Å². The van der Waals surface area contributed by atoms with Crippen molar-refractivity contribution in [3.8, 4) is 0 Å². The summed E-state index contributed by atoms with van der Waals surface area (Å²) in [6.07, 6.45) is 34.2. The summed E-state index contributed by atoms with van der Waals surface area (Å²) in [6.45, 7) is 8.33. The van der Waals surface area contributed by atoms with Gasteiger partial charge in [0.05, 0.1) is 49.3 Å². The molecule has 17 atom stereocenters. The second-order valence-electron chi connectivity index (χ2n) is 24.2. The van der Waals surface area contributed by atoms with Gasteiger partial charge in [-0.25, -0.2) is 0 Å². The number of allylic oxidation sites excluding steroid dienone is 1. The summed E-state index contributed by atoms with van der Waals surface area (Å²) in [5.74, 6) is 0.393. The first-order chi connectivity index (χ1) is 40.5. The molecule has 2 saturated carbocycles. The monoisotopic (exact) mass is 1140 g/mol. The second-order valence-corrected chi connectivity index (χ2v) is 24.2. The fraction of sp³-hybridized carbons (Fsp3) is 0.735. The molecular weight excluding hydrogens is 1040 g/mol. The van der Waals surface area contributed by atoms with Crippen molar-refractivity contribution < 1.29 is 67.1 Å². The standard InChI is InChI=1S/C34H52O8.C34H50O6/c35-24-26(36)22-29-28(18-17-27(40-32-12-4-7-19-37-32)16-15-25-10-2-1-3-11-25)30(41-33-13-5-8-20-38-33)23-31(29)42-34-14-6-9-21-39-34;1-2-12-28-29(21-20-27(38-32-15-6-9-22-35-32)19-18-26-13-4-3-5-14-26)31(40-34-17-8-11-24-37-34)25-30(28)39-33-16-7-10-23-36-33/h1-3,10-11,17-18,26-36H,4-9,12-16,19-24H2;2-5,13-14,20-21,27-34H,1,6-12,15-19,22-25H2/b18-17+;21-20+/t26?,27-,28+,29+,30+,31-,32?,33?,34?;27-,28+,29+,30-,31+,32?,33?,34?/m00/s1. The van der Waals surface area contributed by atoms with Crippen LogP contribution < -0.4 is 0 Å². The van der Waals surface area contributed by atoms with Crippen LogP contribution in [0.2, 0.25) is 0 Å². The number of aliphatic hydroxyl groups excluding tert-OH is 2. The molecule has 2 aromatic carbocycles. The van der Waals surface area contributed by atoms with E-state index in [-0.39, 0.29) is 105 Å². The van der Waals surface area contributed by atoms with Gasteiger partial charge in [0, 0.05) is 64.3 Å². The number of hydrogen-bond donors (Lipinski definition) is 2. The summed E-state index contributed by atoms with van der Waals surface area (Å²) in [7, 11) is 0. The highest BCUT2D eigenvalue weighted by molar-refractivity contribution is 5.17. The van der Waals surface area contributed by atoms with E-state index in [9.17, 15) is 10.2 Å². The third kappa shape index (κ3) is 20.9. The van der Waals surface area contributed by atoms with Gasteiger partial charge in [0.25, 0.3) is 0 Å². The summed E-state index contributed by atoms with van der Waals surface area (Å²) in [5.41, 5.74) is 2.61. The van der Waals surface area contributed by atoms with E-state index < -0.39 is 6.10 Å². The second kappa shape index (κ2) is 35.7. The van der Waals surface area contributed by atoms with Crippen molar-refractivity contribution in [3.05, 3.63) is 109 Å². The zero-order valence-corrected chi connectivity index (χ0v) is 49.3. The van der Waals surface area contributed by atoms with Crippen molar-refractivity contribution >= 4 is 0 Å². The van der Waals surface area contributed by atoms with Crippen LogP contribution in [0.25, 0.3) is 0 Å². The predicted octanol–water partition coefficient (Wildman–Crippen LogP) is 12.4. The molecule has 82 heavy (non-hydrogen) atoms. The molecule has 14 heteroatoms. The Kier molecular flexibility index (Phi) is 27.7. The average molecular weight is 1140 g/mol. The molecule has 0 spiro atoms. The van der Waals surface area contributed by atoms with Gasteiger partial charge < -0.3 is 67.1 Å². The van der Waals surface area contributed by atoms with E-state index in [1.54, 1.807) is 0 Å². The van der Waals surface area contributed by atoms with Crippen molar-refractivity contribution in [2.24, 2.45) is 23.7 Å². The van der Waals surface area contributed by atoms with Gasteiger partial charge in [-0.2, -0.15) is 0 Å². The molecule has 0 aromatic heterocycles. The predicted molar refractivity (Wildman–Crippen MR) is 314 cm³/mol. The molecule has 0 radical (unpaired) electrons. The first-order valence-electron chi connectivity index (χ1n) is 32.4. The third-order valence-corrected chi connectivity index (χ3v) is 17.9. The van der Waals surface area contributed by atoms with E-state index in [0.717, 1.165) is 187 Å². The van der Waals surface area contributed by atoms with Crippen molar-refractivity contribution in [3.63, 3.8) is 0 Å². The highest BCUT2D eigenvalue weighted by Crippen LogP contribution is 2.44. The van der Waals surface area contributed by atoms with Crippen LogP contribution in [0.1, 0.15) is 165 Å². The fourth-order valence-electron chi connectivity index (χ4n) is 13.4. The first kappa shape index (κ1) is 63.6. The summed E-state index contributed by atoms with van der Waals surface area (Å²) < 4.78 is 75.4. The van der Waals surface area contributed by atoms with Gasteiger partial charge in [-0.1, -0.05) is 91.0 Å². The van der Waals surface area contributed by atoms with E-state index in [1.807, 2.05) is 12.1 Å². The third-order valence-electron chi connectivity index (χ3n) is 17.9. The Morgan fingerprint density at radius 3 is 1.17 bits per heavy atom. The average Bonchev–Trinajstić information content (AvgIpc) is 4.14. The Bertz CT molecular complexity index is 2060. The molecular formula is C68H102O14. The Morgan fingerprint density at radius 1 is 0.463 bits per heavy atom. The number of ether oxygens (including phenoxy) is 12. The van der Waals surface area contributed by atoms with Crippen LogP contribution >= 0.6 is 0 Å². The number of aryl methyl sites for hydroxylation is 2. The van der Waals surface area contributed by atoms with Crippen LogP contribution in [0.15, 0.2) is 97.6 Å². The van der Waals surface area contributed by atoms with E-state index in [4.69, 9.17) is 56.8 Å². The highest BCUT2D eigenvalue weighted by atomic mass is 16.7. The molecule has 0 amide bonds. The van der Waals surface area contributed by atoms with Crippen molar-refractivity contribution in [2.75, 3.05) is 46.2 Å². The molecule has 2 aromatic rings. The van der Waals surface area contributed by atoms with Crippen LogP contribution in [-0.2, 0) is 69.7 Å². The Hall–Kier alpha value is -2.90. The van der Waals surface area contributed by atoms with E-state index in [1.165, 1.54) is 11.1 Å². The molecule has 6 heterocycles. The smallest absolute Gasteiger partial charge is 0.158 e. The van der Waals surface area contributed by atoms with Gasteiger partial charge in [-0.3, -0.25) is 0 Å². The molecule has 8 aliphatic rings. The molecule has 6 saturated heterocycles. The molecule has 6 aliphatic heterocycles. The van der Waals surface area contributed by atoms with Crippen LogP contribution in [-0.4, -0.2) is 137 Å². The lowest BCUT2D eigenvalue weighted by Gasteiger charge is -2.31. The van der Waals surface area contributed by atoms with Gasteiger partial charge in [0.1, 0.15) is 0 Å². The molecule has 458 valence electrons. The Labute approximate surface area is 491 Å². The van der Waals surface area contributed by atoms with Gasteiger partial charge >= 0.3 is 0 Å². The fourth-order valence-corrected chi connectivity index (χ4v) is 13.4. The van der Waals surface area contributed by atoms with Crippen molar-refractivity contribution in [1.82, 2.24) is 0 Å². The zero-order valence-electron chi connectivity index (χ0n) is 49.3. The molecule has 0 bridgehead atoms. The SMILES string of the molecule is C=CC[C@@H]1[C@@H](/C=C/[C@H](CCc2ccccc2)OC2CCCCO2)[C@H](OC2CCCCO2)C[C@@H]1OC1CCCCO1.OCC(O)C[C@@H]1[C@@H](/C=C/[C@H](CCc2ccccc2)OC2CCCCO2)[C@H](OC2CCCCO2)C[C@@H]1OC1CCCCO1. The van der Waals surface area contributed by atoms with Crippen molar-refractivity contribution in [1.29, 1.82) is 0 Å². The van der Waals surface area contributed by atoms with Crippen molar-refractivity contribution in [2.45, 2.75) is 247 Å². The summed E-state index contributed by atoms with van der Waals surface area (Å²) >= 11 is 0. The molecule has 14 nitrogen and oxygen atoms in total. The lowest BCUT2D eigenvalue weighted by Crippen LogP contribution is -2.34. The minimum absolute atomic E-state index is 0.0265. The first-order valence-corrected chi connectivity index (χ1v) is 32.4. The van der Waals surface area contributed by atoms with Crippen LogP contribution in [0.5, 0.6) is 0 Å². The lowest BCUT2D eigenvalue weighted by molar-refractivity contribution is -0.204. The molecule has 8 fully saturated rings. The molecule has 7 unspecified atom stereocenters. The molecule has 10 rings (SSSR count). The Balaban J connectivity index is 0.000000198. The van der Waals surface area contributed by atoms with E-state index in [0.29, 0.717) is 19.4 Å². The van der Waals surface area contributed by atoms with E-state index >= 15 is 0 Å². The number of benzene rings is 2.